The van der Waals surface area contributed by atoms with Crippen LogP contribution in [0.25, 0.3) is 0 Å². The van der Waals surface area contributed by atoms with E-state index < -0.39 is 0 Å². The molecule has 0 aromatic heterocycles. The molecular formula is C24H40O. The Hall–Kier alpha value is -0.980. The molecule has 0 aliphatic heterocycles. The monoisotopic (exact) mass is 344 g/mol. The third-order valence-electron chi connectivity index (χ3n) is 5.97. The second-order valence-corrected chi connectivity index (χ2v) is 8.25. The summed E-state index contributed by atoms with van der Waals surface area (Å²) in [6.07, 6.45) is 16.4. The molecule has 0 radical (unpaired) electrons. The lowest BCUT2D eigenvalue weighted by molar-refractivity contribution is 0.177. The topological polar surface area (TPSA) is 9.23 Å². The van der Waals surface area contributed by atoms with Gasteiger partial charge in [0.25, 0.3) is 0 Å². The third-order valence-corrected chi connectivity index (χ3v) is 5.97. The van der Waals surface area contributed by atoms with Gasteiger partial charge in [-0.1, -0.05) is 77.3 Å². The first-order valence-corrected chi connectivity index (χ1v) is 10.9. The molecule has 0 unspecified atom stereocenters. The van der Waals surface area contributed by atoms with Crippen LogP contribution >= 0.6 is 0 Å². The molecule has 1 nitrogen and oxygen atoms in total. The quantitative estimate of drug-likeness (QED) is 0.378. The van der Waals surface area contributed by atoms with Gasteiger partial charge in [-0.25, -0.2) is 0 Å². The first-order chi connectivity index (χ1) is 12.2. The Bertz CT molecular complexity index is 471. The number of unbranched alkanes of at least 4 members (excludes halogenated alkanes) is 4. The van der Waals surface area contributed by atoms with Gasteiger partial charge in [-0.05, 0) is 61.6 Å². The molecule has 0 saturated heterocycles. The largest absolute Gasteiger partial charge is 0.493 e. The Labute approximate surface area is 156 Å². The fraction of sp³-hybridized carbons (Fsp3) is 0.750. The van der Waals surface area contributed by atoms with Gasteiger partial charge in [0, 0.05) is 0 Å². The minimum Gasteiger partial charge on any atom is -0.493 e. The van der Waals surface area contributed by atoms with Crippen LogP contribution in [-0.2, 0) is 6.42 Å². The van der Waals surface area contributed by atoms with Crippen molar-refractivity contribution in [2.45, 2.75) is 97.8 Å². The average molecular weight is 345 g/mol. The molecule has 1 heteroatoms. The highest BCUT2D eigenvalue weighted by Crippen LogP contribution is 2.32. The SMILES string of the molecule is CCCCCc1ccc(OC[C@H]2CC[C@H](CCCCC)CC2)c(C)c1. The standard InChI is InChI=1S/C24H40O/c1-4-6-8-10-21-12-14-23(15-13-21)19-25-24-17-16-22(18-20(24)3)11-9-7-5-2/h16-18,21,23H,4-15,19H2,1-3H3/t21-,23-. The summed E-state index contributed by atoms with van der Waals surface area (Å²) in [5.41, 5.74) is 2.77. The van der Waals surface area contributed by atoms with Crippen molar-refractivity contribution in [3.8, 4) is 5.75 Å². The lowest BCUT2D eigenvalue weighted by Gasteiger charge is -2.28. The van der Waals surface area contributed by atoms with E-state index in [2.05, 4.69) is 39.0 Å². The Morgan fingerprint density at radius 3 is 2.24 bits per heavy atom. The van der Waals surface area contributed by atoms with Crippen molar-refractivity contribution < 1.29 is 4.74 Å². The Morgan fingerprint density at radius 1 is 0.880 bits per heavy atom. The summed E-state index contributed by atoms with van der Waals surface area (Å²) < 4.78 is 6.19. The van der Waals surface area contributed by atoms with Gasteiger partial charge in [-0.3, -0.25) is 0 Å². The molecule has 0 heterocycles. The summed E-state index contributed by atoms with van der Waals surface area (Å²) in [5, 5.41) is 0. The van der Waals surface area contributed by atoms with Crippen LogP contribution in [0.3, 0.4) is 0 Å². The number of aryl methyl sites for hydroxylation is 2. The van der Waals surface area contributed by atoms with Crippen LogP contribution in [0.5, 0.6) is 5.75 Å². The van der Waals surface area contributed by atoms with E-state index in [0.717, 1.165) is 24.2 Å². The molecule has 1 aromatic carbocycles. The lowest BCUT2D eigenvalue weighted by atomic mass is 9.80. The van der Waals surface area contributed by atoms with Crippen LogP contribution in [0.2, 0.25) is 0 Å². The summed E-state index contributed by atoms with van der Waals surface area (Å²) in [7, 11) is 0. The normalized spacial score (nSPS) is 20.6. The number of hydrogen-bond acceptors (Lipinski definition) is 1. The van der Waals surface area contributed by atoms with Crippen LogP contribution in [0.1, 0.15) is 95.6 Å². The van der Waals surface area contributed by atoms with E-state index >= 15 is 0 Å². The minimum absolute atomic E-state index is 0.769. The van der Waals surface area contributed by atoms with Gasteiger partial charge in [0.2, 0.25) is 0 Å². The molecule has 1 aliphatic rings. The number of hydrogen-bond donors (Lipinski definition) is 0. The van der Waals surface area contributed by atoms with Crippen LogP contribution in [-0.4, -0.2) is 6.61 Å². The second-order valence-electron chi connectivity index (χ2n) is 8.25. The summed E-state index contributed by atoms with van der Waals surface area (Å²) in [5.74, 6) is 2.86. The maximum atomic E-state index is 6.19. The van der Waals surface area contributed by atoms with Crippen molar-refractivity contribution in [1.29, 1.82) is 0 Å². The van der Waals surface area contributed by atoms with Gasteiger partial charge in [-0.2, -0.15) is 0 Å². The molecule has 1 aromatic rings. The molecule has 0 amide bonds. The molecule has 142 valence electrons. The highest BCUT2D eigenvalue weighted by atomic mass is 16.5. The van der Waals surface area contributed by atoms with E-state index in [-0.39, 0.29) is 0 Å². The molecule has 0 bridgehead atoms. The number of rotatable bonds is 11. The Balaban J connectivity index is 1.69. The number of benzene rings is 1. The van der Waals surface area contributed by atoms with Gasteiger partial charge >= 0.3 is 0 Å². The summed E-state index contributed by atoms with van der Waals surface area (Å²) in [6, 6.07) is 6.80. The van der Waals surface area contributed by atoms with Crippen LogP contribution < -0.4 is 4.74 Å². The zero-order chi connectivity index (χ0) is 17.9. The number of ether oxygens (including phenoxy) is 1. The molecule has 1 aliphatic carbocycles. The summed E-state index contributed by atoms with van der Waals surface area (Å²) >= 11 is 0. The molecule has 0 atom stereocenters. The minimum atomic E-state index is 0.769. The van der Waals surface area contributed by atoms with E-state index in [9.17, 15) is 0 Å². The van der Waals surface area contributed by atoms with E-state index in [1.165, 1.54) is 88.2 Å². The maximum absolute atomic E-state index is 6.19. The zero-order valence-electron chi connectivity index (χ0n) is 17.0. The smallest absolute Gasteiger partial charge is 0.122 e. The predicted molar refractivity (Wildman–Crippen MR) is 109 cm³/mol. The van der Waals surface area contributed by atoms with Crippen molar-refractivity contribution in [2.75, 3.05) is 6.61 Å². The summed E-state index contributed by atoms with van der Waals surface area (Å²) in [6.45, 7) is 7.68. The van der Waals surface area contributed by atoms with E-state index in [1.54, 1.807) is 0 Å². The first kappa shape index (κ1) is 20.3. The predicted octanol–water partition coefficient (Wildman–Crippen LogP) is 7.49. The van der Waals surface area contributed by atoms with Gasteiger partial charge < -0.3 is 4.74 Å². The van der Waals surface area contributed by atoms with Crippen molar-refractivity contribution in [3.05, 3.63) is 29.3 Å². The Kier molecular flexibility index (Phi) is 9.43. The van der Waals surface area contributed by atoms with E-state index in [1.807, 2.05) is 0 Å². The van der Waals surface area contributed by atoms with Gasteiger partial charge in [-0.15, -0.1) is 0 Å². The van der Waals surface area contributed by atoms with Crippen molar-refractivity contribution >= 4 is 0 Å². The van der Waals surface area contributed by atoms with Crippen molar-refractivity contribution in [1.82, 2.24) is 0 Å². The van der Waals surface area contributed by atoms with Gasteiger partial charge in [0.05, 0.1) is 6.61 Å². The summed E-state index contributed by atoms with van der Waals surface area (Å²) in [4.78, 5) is 0. The highest BCUT2D eigenvalue weighted by Gasteiger charge is 2.21. The highest BCUT2D eigenvalue weighted by molar-refractivity contribution is 5.36. The molecular weight excluding hydrogens is 304 g/mol. The zero-order valence-corrected chi connectivity index (χ0v) is 17.0. The second kappa shape index (κ2) is 11.6. The molecule has 1 fully saturated rings. The van der Waals surface area contributed by atoms with Crippen molar-refractivity contribution in [2.24, 2.45) is 11.8 Å². The fourth-order valence-electron chi connectivity index (χ4n) is 4.19. The molecule has 2 rings (SSSR count). The van der Waals surface area contributed by atoms with Gasteiger partial charge in [0.15, 0.2) is 0 Å². The van der Waals surface area contributed by atoms with Crippen LogP contribution in [0, 0.1) is 18.8 Å². The first-order valence-electron chi connectivity index (χ1n) is 10.9. The van der Waals surface area contributed by atoms with Crippen LogP contribution in [0.4, 0.5) is 0 Å². The molecule has 0 spiro atoms. The maximum Gasteiger partial charge on any atom is 0.122 e. The fourth-order valence-corrected chi connectivity index (χ4v) is 4.19. The van der Waals surface area contributed by atoms with E-state index in [0.29, 0.717) is 0 Å². The molecule has 1 saturated carbocycles. The average Bonchev–Trinajstić information content (AvgIpc) is 2.62. The Morgan fingerprint density at radius 2 is 1.56 bits per heavy atom. The third kappa shape index (κ3) is 7.42. The van der Waals surface area contributed by atoms with Crippen LogP contribution in [0.15, 0.2) is 18.2 Å². The van der Waals surface area contributed by atoms with Crippen molar-refractivity contribution in [3.63, 3.8) is 0 Å². The molecule has 25 heavy (non-hydrogen) atoms. The molecule has 0 N–H and O–H groups in total. The van der Waals surface area contributed by atoms with Gasteiger partial charge in [0.1, 0.15) is 5.75 Å². The van der Waals surface area contributed by atoms with E-state index in [4.69, 9.17) is 4.74 Å². The lowest BCUT2D eigenvalue weighted by Crippen LogP contribution is -2.20.